The van der Waals surface area contributed by atoms with E-state index >= 15 is 0 Å². The molecule has 3 aliphatic rings. The average Bonchev–Trinajstić information content (AvgIpc) is 3.57. The molecule has 1 aromatic heterocycles. The first kappa shape index (κ1) is 30.6. The normalized spacial score (nSPS) is 24.9. The van der Waals surface area contributed by atoms with Crippen molar-refractivity contribution in [1.29, 1.82) is 0 Å². The molecular weight excluding hydrogens is 581 g/mol. The van der Waals surface area contributed by atoms with Crippen molar-refractivity contribution in [3.8, 4) is 12.3 Å². The molecule has 1 N–H and O–H groups in total. The van der Waals surface area contributed by atoms with E-state index in [1.54, 1.807) is 18.5 Å². The minimum Gasteiger partial charge on any atom is -0.349 e. The van der Waals surface area contributed by atoms with E-state index in [9.17, 15) is 22.8 Å². The maximum atomic E-state index is 14.5. The number of fused-ring (bicyclic) bond motifs is 1. The Balaban J connectivity index is 1.31. The summed E-state index contributed by atoms with van der Waals surface area (Å²) in [6, 6.07) is 9.95. The summed E-state index contributed by atoms with van der Waals surface area (Å²) in [7, 11) is 1.90. The molecule has 0 bridgehead atoms. The van der Waals surface area contributed by atoms with Crippen LogP contribution in [-0.2, 0) is 36.5 Å². The molecule has 3 aromatic rings. The van der Waals surface area contributed by atoms with Crippen molar-refractivity contribution >= 4 is 17.5 Å². The van der Waals surface area contributed by atoms with E-state index in [-0.39, 0.29) is 47.5 Å². The number of nitrogens with one attached hydrogen (secondary N) is 1. The van der Waals surface area contributed by atoms with Crippen molar-refractivity contribution in [3.05, 3.63) is 89.0 Å². The lowest BCUT2D eigenvalue weighted by molar-refractivity contribution is -0.138. The van der Waals surface area contributed by atoms with E-state index in [2.05, 4.69) is 34.9 Å². The van der Waals surface area contributed by atoms with Crippen LogP contribution in [-0.4, -0.2) is 50.6 Å². The molecule has 2 aromatic carbocycles. The molecule has 2 aliphatic heterocycles. The molecule has 234 valence electrons. The number of benzene rings is 2. The highest BCUT2D eigenvalue weighted by Gasteiger charge is 2.48. The molecule has 1 saturated carbocycles. The van der Waals surface area contributed by atoms with Gasteiger partial charge in [0.25, 0.3) is 5.91 Å². The first-order valence-corrected chi connectivity index (χ1v) is 15.0. The van der Waals surface area contributed by atoms with Gasteiger partial charge < -0.3 is 14.8 Å². The Labute approximate surface area is 260 Å². The van der Waals surface area contributed by atoms with Gasteiger partial charge in [-0.05, 0) is 72.2 Å². The van der Waals surface area contributed by atoms with Gasteiger partial charge in [-0.15, -0.1) is 22.5 Å². The lowest BCUT2D eigenvalue weighted by atomic mass is 9.58. The monoisotopic (exact) mass is 616 g/mol. The Morgan fingerprint density at radius 2 is 2.02 bits per heavy atom. The van der Waals surface area contributed by atoms with Crippen molar-refractivity contribution in [3.63, 3.8) is 0 Å². The van der Waals surface area contributed by atoms with E-state index in [1.807, 2.05) is 34.7 Å². The predicted octanol–water partition coefficient (Wildman–Crippen LogP) is 4.84. The number of piperidine rings is 1. The van der Waals surface area contributed by atoms with Crippen molar-refractivity contribution in [2.24, 2.45) is 18.9 Å². The number of anilines is 1. The van der Waals surface area contributed by atoms with Gasteiger partial charge in [0, 0.05) is 49.9 Å². The fraction of sp³-hybridized carbons (Fsp3) is 0.412. The number of carbonyl (C=O) groups is 2. The third kappa shape index (κ3) is 5.63. The second-order valence-corrected chi connectivity index (χ2v) is 12.7. The predicted molar refractivity (Wildman–Crippen MR) is 163 cm³/mol. The summed E-state index contributed by atoms with van der Waals surface area (Å²) in [5, 5.41) is 11.3. The number of aromatic nitrogens is 3. The summed E-state index contributed by atoms with van der Waals surface area (Å²) in [4.78, 5) is 29.1. The Kier molecular flexibility index (Phi) is 7.81. The van der Waals surface area contributed by atoms with Gasteiger partial charge in [0.1, 0.15) is 12.2 Å². The summed E-state index contributed by atoms with van der Waals surface area (Å²) in [6.45, 7) is 6.50. The van der Waals surface area contributed by atoms with E-state index in [1.165, 1.54) is 11.0 Å². The molecule has 0 spiro atoms. The van der Waals surface area contributed by atoms with Crippen molar-refractivity contribution in [2.45, 2.75) is 56.9 Å². The number of hydrogen-bond donors (Lipinski definition) is 1. The third-order valence-electron chi connectivity index (χ3n) is 9.35. The molecule has 2 atom stereocenters. The molecule has 1 aliphatic carbocycles. The minimum absolute atomic E-state index is 0.0294. The summed E-state index contributed by atoms with van der Waals surface area (Å²) in [5.41, 5.74) is 0.687. The van der Waals surface area contributed by atoms with Crippen LogP contribution in [0.3, 0.4) is 0 Å². The number of rotatable bonds is 7. The molecule has 45 heavy (non-hydrogen) atoms. The van der Waals surface area contributed by atoms with Gasteiger partial charge in [-0.2, -0.15) is 13.2 Å². The summed E-state index contributed by atoms with van der Waals surface area (Å²) in [6.07, 6.45) is 6.16. The molecule has 0 radical (unpaired) electrons. The highest BCUT2D eigenvalue weighted by molar-refractivity contribution is 6.10. The van der Waals surface area contributed by atoms with Crippen LogP contribution in [0.4, 0.5) is 18.9 Å². The third-order valence-corrected chi connectivity index (χ3v) is 9.35. The quantitative estimate of drug-likeness (QED) is 0.304. The Hall–Kier alpha value is -4.43. The number of hydrogen-bond acceptors (Lipinski definition) is 5. The van der Waals surface area contributed by atoms with E-state index < -0.39 is 17.6 Å². The largest absolute Gasteiger partial charge is 0.416 e. The van der Waals surface area contributed by atoms with E-state index in [0.717, 1.165) is 30.3 Å². The van der Waals surface area contributed by atoms with Crippen LogP contribution in [0, 0.1) is 24.2 Å². The van der Waals surface area contributed by atoms with Crippen LogP contribution in [0.15, 0.2) is 55.4 Å². The Bertz CT molecular complexity index is 1700. The highest BCUT2D eigenvalue weighted by Crippen LogP contribution is 2.52. The maximum absolute atomic E-state index is 14.5. The van der Waals surface area contributed by atoms with Crippen molar-refractivity contribution < 1.29 is 22.8 Å². The maximum Gasteiger partial charge on any atom is 0.416 e. The molecule has 1 saturated heterocycles. The average molecular weight is 617 g/mol. The summed E-state index contributed by atoms with van der Waals surface area (Å²) in [5.74, 6) is 3.03. The van der Waals surface area contributed by atoms with Crippen molar-refractivity contribution in [2.75, 3.05) is 18.0 Å². The summed E-state index contributed by atoms with van der Waals surface area (Å²) >= 11 is 0. The number of aryl methyl sites for hydroxylation is 1. The topological polar surface area (TPSA) is 83.4 Å². The molecule has 0 unspecified atom stereocenters. The number of nitrogens with zero attached hydrogens (tertiary/aromatic N) is 5. The lowest BCUT2D eigenvalue weighted by Crippen LogP contribution is -2.50. The van der Waals surface area contributed by atoms with Gasteiger partial charge in [0.05, 0.1) is 17.5 Å². The zero-order chi connectivity index (χ0) is 32.1. The van der Waals surface area contributed by atoms with Crippen LogP contribution in [0.25, 0.3) is 0 Å². The van der Waals surface area contributed by atoms with Gasteiger partial charge in [0.2, 0.25) is 5.91 Å². The number of amides is 2. The molecule has 6 rings (SSSR count). The first-order chi connectivity index (χ1) is 21.4. The van der Waals surface area contributed by atoms with Crippen molar-refractivity contribution in [1.82, 2.24) is 25.0 Å². The van der Waals surface area contributed by atoms with E-state index in [4.69, 9.17) is 6.42 Å². The SMILES string of the molecule is C#C[C@@H]1C[C@H](NC(=O)C=C)CN(Cc2cc3c(c(C(F)(F)F)c2)CN(c2cccc(C4(c5nncn5C)CC(C)C4)c2)C3=O)C1. The van der Waals surface area contributed by atoms with Gasteiger partial charge in [-0.25, -0.2) is 0 Å². The number of carbonyl (C=O) groups excluding carboxylic acids is 2. The number of terminal acetylenes is 1. The molecule has 3 heterocycles. The van der Waals surface area contributed by atoms with Gasteiger partial charge in [-0.1, -0.05) is 25.6 Å². The zero-order valence-corrected chi connectivity index (χ0v) is 25.3. The van der Waals surface area contributed by atoms with Gasteiger partial charge >= 0.3 is 6.18 Å². The van der Waals surface area contributed by atoms with Crippen LogP contribution in [0.2, 0.25) is 0 Å². The fourth-order valence-electron chi connectivity index (χ4n) is 7.45. The standard InChI is InChI=1S/C34H35F3N6O2/c1-5-22-10-25(39-30(44)6-2)18-42(16-22)17-23-11-27-28(29(12-23)34(35,36)37)19-43(31(27)45)26-9-7-8-24(13-26)33(14-21(3)15-33)32-40-38-20-41(32)4/h1,6-9,11-13,20-22,25H,2,10,14-19H2,3-4H3,(H,39,44)/t21?,22-,25+,33?/m1/s1. The second-order valence-electron chi connectivity index (χ2n) is 12.7. The number of alkyl halides is 3. The Morgan fingerprint density at radius 1 is 1.24 bits per heavy atom. The lowest BCUT2D eigenvalue weighted by Gasteiger charge is -2.46. The zero-order valence-electron chi connectivity index (χ0n) is 25.3. The van der Waals surface area contributed by atoms with E-state index in [0.29, 0.717) is 36.7 Å². The first-order valence-electron chi connectivity index (χ1n) is 15.0. The smallest absolute Gasteiger partial charge is 0.349 e. The van der Waals surface area contributed by atoms with Gasteiger partial charge in [-0.3, -0.25) is 14.5 Å². The van der Waals surface area contributed by atoms with Crippen LogP contribution >= 0.6 is 0 Å². The minimum atomic E-state index is -4.65. The molecular formula is C34H35F3N6O2. The molecule has 2 fully saturated rings. The number of halogens is 3. The second kappa shape index (κ2) is 11.5. The van der Waals surface area contributed by atoms with Gasteiger partial charge in [0.15, 0.2) is 0 Å². The molecule has 2 amide bonds. The molecule has 11 heteroatoms. The number of likely N-dealkylation sites (tertiary alicyclic amines) is 1. The Morgan fingerprint density at radius 3 is 2.67 bits per heavy atom. The molecule has 8 nitrogen and oxygen atoms in total. The van der Waals surface area contributed by atoms with Crippen LogP contribution in [0.1, 0.15) is 64.6 Å². The fourth-order valence-corrected chi connectivity index (χ4v) is 7.45. The van der Waals surface area contributed by atoms with Crippen LogP contribution < -0.4 is 10.2 Å². The highest BCUT2D eigenvalue weighted by atomic mass is 19.4. The van der Waals surface area contributed by atoms with Crippen LogP contribution in [0.5, 0.6) is 0 Å². The summed E-state index contributed by atoms with van der Waals surface area (Å²) < 4.78 is 45.3.